The van der Waals surface area contributed by atoms with Crippen LogP contribution in [0.15, 0.2) is 66.7 Å². The molecule has 0 aliphatic rings. The first-order valence-electron chi connectivity index (χ1n) is 9.75. The van der Waals surface area contributed by atoms with Crippen LogP contribution in [0.25, 0.3) is 21.8 Å². The Labute approximate surface area is 176 Å². The average molecular weight is 426 g/mol. The SMILES string of the molecule is CC(C)(O)Cn1c2ccccc2c2cc(NC(=O)c3ccccc3C(F)(F)F)ccc21. The van der Waals surface area contributed by atoms with Crippen molar-refractivity contribution in [1.82, 2.24) is 4.57 Å². The van der Waals surface area contributed by atoms with E-state index in [1.807, 2.05) is 28.8 Å². The number of nitrogens with zero attached hydrogens (tertiary/aromatic N) is 1. The van der Waals surface area contributed by atoms with Gasteiger partial charge in [-0.3, -0.25) is 4.79 Å². The zero-order valence-corrected chi connectivity index (χ0v) is 17.0. The summed E-state index contributed by atoms with van der Waals surface area (Å²) in [7, 11) is 0. The van der Waals surface area contributed by atoms with Crippen LogP contribution >= 0.6 is 0 Å². The molecule has 0 unspecified atom stereocenters. The number of alkyl halides is 3. The lowest BCUT2D eigenvalue weighted by atomic mass is 10.1. The Hall–Kier alpha value is -3.32. The van der Waals surface area contributed by atoms with Crippen LogP contribution < -0.4 is 5.32 Å². The van der Waals surface area contributed by atoms with E-state index >= 15 is 0 Å². The molecule has 4 nitrogen and oxygen atoms in total. The highest BCUT2D eigenvalue weighted by molar-refractivity contribution is 6.11. The number of halogens is 3. The van der Waals surface area contributed by atoms with Crippen LogP contribution in [-0.2, 0) is 12.7 Å². The van der Waals surface area contributed by atoms with Crippen molar-refractivity contribution in [3.63, 3.8) is 0 Å². The molecule has 0 fully saturated rings. The number of hydrogen-bond acceptors (Lipinski definition) is 2. The lowest BCUT2D eigenvalue weighted by Crippen LogP contribution is -2.25. The molecular formula is C24H21F3N2O2. The summed E-state index contributed by atoms with van der Waals surface area (Å²) >= 11 is 0. The number of benzene rings is 3. The molecule has 0 aliphatic carbocycles. The highest BCUT2D eigenvalue weighted by atomic mass is 19.4. The number of carbonyl (C=O) groups excluding carboxylic acids is 1. The first kappa shape index (κ1) is 20.9. The summed E-state index contributed by atoms with van der Waals surface area (Å²) in [5.74, 6) is -0.826. The van der Waals surface area contributed by atoms with E-state index in [0.29, 0.717) is 12.2 Å². The van der Waals surface area contributed by atoms with E-state index in [0.717, 1.165) is 33.9 Å². The Morgan fingerprint density at radius 1 is 0.935 bits per heavy atom. The van der Waals surface area contributed by atoms with Crippen LogP contribution in [0.4, 0.5) is 18.9 Å². The third kappa shape index (κ3) is 4.14. The van der Waals surface area contributed by atoms with E-state index in [9.17, 15) is 23.1 Å². The second kappa shape index (κ2) is 7.42. The fraction of sp³-hybridized carbons (Fsp3) is 0.208. The number of aromatic nitrogens is 1. The molecule has 0 saturated heterocycles. The molecule has 0 aliphatic heterocycles. The van der Waals surface area contributed by atoms with Gasteiger partial charge in [-0.05, 0) is 50.2 Å². The van der Waals surface area contributed by atoms with Gasteiger partial charge in [-0.15, -0.1) is 0 Å². The molecule has 7 heteroatoms. The predicted molar refractivity (Wildman–Crippen MR) is 115 cm³/mol. The summed E-state index contributed by atoms with van der Waals surface area (Å²) in [6, 6.07) is 17.6. The molecule has 4 aromatic rings. The maximum atomic E-state index is 13.3. The molecule has 0 bridgehead atoms. The molecule has 1 heterocycles. The zero-order valence-electron chi connectivity index (χ0n) is 17.0. The lowest BCUT2D eigenvalue weighted by Gasteiger charge is -2.19. The Kier molecular flexibility index (Phi) is 5.01. The van der Waals surface area contributed by atoms with Gasteiger partial charge < -0.3 is 15.0 Å². The molecule has 1 amide bonds. The lowest BCUT2D eigenvalue weighted by molar-refractivity contribution is -0.137. The van der Waals surface area contributed by atoms with Gasteiger partial charge in [-0.1, -0.05) is 30.3 Å². The molecule has 0 saturated carbocycles. The van der Waals surface area contributed by atoms with Gasteiger partial charge in [0.15, 0.2) is 0 Å². The summed E-state index contributed by atoms with van der Waals surface area (Å²) in [5, 5.41) is 14.7. The van der Waals surface area contributed by atoms with Crippen LogP contribution in [-0.4, -0.2) is 21.2 Å². The average Bonchev–Trinajstić information content (AvgIpc) is 2.99. The largest absolute Gasteiger partial charge is 0.417 e. The number of amides is 1. The van der Waals surface area contributed by atoms with E-state index in [1.54, 1.807) is 32.0 Å². The summed E-state index contributed by atoms with van der Waals surface area (Å²) in [5.41, 5.74) is -0.179. The predicted octanol–water partition coefficient (Wildman–Crippen LogP) is 5.84. The van der Waals surface area contributed by atoms with Crippen molar-refractivity contribution in [2.24, 2.45) is 0 Å². The van der Waals surface area contributed by atoms with E-state index < -0.39 is 28.8 Å². The molecule has 0 radical (unpaired) electrons. The first-order valence-corrected chi connectivity index (χ1v) is 9.75. The number of anilines is 1. The van der Waals surface area contributed by atoms with Gasteiger partial charge in [-0.2, -0.15) is 13.2 Å². The minimum absolute atomic E-state index is 0.363. The molecular weight excluding hydrogens is 405 g/mol. The normalized spacial score (nSPS) is 12.5. The Morgan fingerprint density at radius 2 is 1.58 bits per heavy atom. The Balaban J connectivity index is 1.76. The third-order valence-corrected chi connectivity index (χ3v) is 5.05. The molecule has 31 heavy (non-hydrogen) atoms. The van der Waals surface area contributed by atoms with Crippen LogP contribution in [0.3, 0.4) is 0 Å². The van der Waals surface area contributed by atoms with Crippen LogP contribution in [0.1, 0.15) is 29.8 Å². The number of hydrogen-bond donors (Lipinski definition) is 2. The minimum Gasteiger partial charge on any atom is -0.389 e. The quantitative estimate of drug-likeness (QED) is 0.431. The molecule has 0 atom stereocenters. The fourth-order valence-electron chi connectivity index (χ4n) is 3.82. The Bertz CT molecular complexity index is 1280. The Morgan fingerprint density at radius 3 is 2.29 bits per heavy atom. The van der Waals surface area contributed by atoms with Crippen molar-refractivity contribution in [2.75, 3.05) is 5.32 Å². The van der Waals surface area contributed by atoms with Gasteiger partial charge in [0.05, 0.1) is 23.3 Å². The molecule has 1 aromatic heterocycles. The molecule has 2 N–H and O–H groups in total. The first-order chi connectivity index (χ1) is 14.5. The number of aliphatic hydroxyl groups is 1. The van der Waals surface area contributed by atoms with Crippen molar-refractivity contribution >= 4 is 33.4 Å². The number of nitrogens with one attached hydrogen (secondary N) is 1. The van der Waals surface area contributed by atoms with Gasteiger partial charge in [0.1, 0.15) is 0 Å². The van der Waals surface area contributed by atoms with Crippen molar-refractivity contribution in [1.29, 1.82) is 0 Å². The van der Waals surface area contributed by atoms with Gasteiger partial charge >= 0.3 is 6.18 Å². The number of fused-ring (bicyclic) bond motifs is 3. The molecule has 4 rings (SSSR count). The van der Waals surface area contributed by atoms with Crippen LogP contribution in [0, 0.1) is 0 Å². The van der Waals surface area contributed by atoms with Gasteiger partial charge in [0, 0.05) is 27.5 Å². The summed E-state index contributed by atoms with van der Waals surface area (Å²) < 4.78 is 41.8. The third-order valence-electron chi connectivity index (χ3n) is 5.05. The fourth-order valence-corrected chi connectivity index (χ4v) is 3.82. The number of rotatable bonds is 4. The van der Waals surface area contributed by atoms with E-state index in [1.165, 1.54) is 12.1 Å². The van der Waals surface area contributed by atoms with E-state index in [2.05, 4.69) is 5.32 Å². The van der Waals surface area contributed by atoms with Crippen molar-refractivity contribution < 1.29 is 23.1 Å². The maximum Gasteiger partial charge on any atom is 0.417 e. The summed E-state index contributed by atoms with van der Waals surface area (Å²) in [6.07, 6.45) is -4.62. The van der Waals surface area contributed by atoms with E-state index in [4.69, 9.17) is 0 Å². The monoisotopic (exact) mass is 426 g/mol. The second-order valence-corrected chi connectivity index (χ2v) is 8.15. The van der Waals surface area contributed by atoms with Gasteiger partial charge in [0.2, 0.25) is 0 Å². The summed E-state index contributed by atoms with van der Waals surface area (Å²) in [4.78, 5) is 12.6. The molecule has 3 aromatic carbocycles. The highest BCUT2D eigenvalue weighted by Gasteiger charge is 2.34. The number of para-hydroxylation sites is 1. The van der Waals surface area contributed by atoms with Crippen LogP contribution in [0.2, 0.25) is 0 Å². The van der Waals surface area contributed by atoms with Crippen LogP contribution in [0.5, 0.6) is 0 Å². The van der Waals surface area contributed by atoms with Crippen molar-refractivity contribution in [3.05, 3.63) is 77.9 Å². The van der Waals surface area contributed by atoms with Gasteiger partial charge in [0.25, 0.3) is 5.91 Å². The highest BCUT2D eigenvalue weighted by Crippen LogP contribution is 2.34. The van der Waals surface area contributed by atoms with Crippen molar-refractivity contribution in [2.45, 2.75) is 32.2 Å². The summed E-state index contributed by atoms with van der Waals surface area (Å²) in [6.45, 7) is 3.81. The van der Waals surface area contributed by atoms with E-state index in [-0.39, 0.29) is 0 Å². The molecule has 160 valence electrons. The smallest absolute Gasteiger partial charge is 0.389 e. The standard InChI is InChI=1S/C24H21F3N2O2/c1-23(2,31)14-29-20-10-6-4-7-16(20)18-13-15(11-12-21(18)29)28-22(30)17-8-3-5-9-19(17)24(25,26)27/h3-13,31H,14H2,1-2H3,(H,28,30). The maximum absolute atomic E-state index is 13.3. The topological polar surface area (TPSA) is 54.3 Å². The molecule has 0 spiro atoms. The van der Waals surface area contributed by atoms with Gasteiger partial charge in [-0.25, -0.2) is 0 Å². The minimum atomic E-state index is -4.62. The zero-order chi connectivity index (χ0) is 22.4. The second-order valence-electron chi connectivity index (χ2n) is 8.15. The number of carbonyl (C=O) groups is 1. The van der Waals surface area contributed by atoms with Crippen molar-refractivity contribution in [3.8, 4) is 0 Å².